The second kappa shape index (κ2) is 38.2. The van der Waals surface area contributed by atoms with E-state index in [0.717, 1.165) is 122 Å². The van der Waals surface area contributed by atoms with Gasteiger partial charge in [-0.3, -0.25) is 14.4 Å². The summed E-state index contributed by atoms with van der Waals surface area (Å²) in [5.41, 5.74) is 0.619. The third-order valence-corrected chi connectivity index (χ3v) is 12.0. The van der Waals surface area contributed by atoms with Crippen LogP contribution >= 0.6 is 0 Å². The summed E-state index contributed by atoms with van der Waals surface area (Å²) in [5, 5.41) is 13.8. The topological polar surface area (TPSA) is 105 Å². The fraction of sp³-hybridized carbons (Fsp3) is 0.900. The molecule has 1 aromatic rings. The van der Waals surface area contributed by atoms with E-state index in [1.165, 1.54) is 89.9 Å². The summed E-state index contributed by atoms with van der Waals surface area (Å²) in [6.07, 6.45) is 34.4. The number of hydrogen-bond donors (Lipinski definition) is 2. The molecule has 0 heterocycles. The van der Waals surface area contributed by atoms with Gasteiger partial charge in [-0.1, -0.05) is 144 Å². The molecule has 0 saturated carbocycles. The van der Waals surface area contributed by atoms with E-state index >= 15 is 0 Å². The molecule has 0 aromatic heterocycles. The number of aliphatic hydroxyl groups excluding tert-OH is 1. The largest absolute Gasteiger partial charge is 0.462 e. The van der Waals surface area contributed by atoms with E-state index < -0.39 is 6.29 Å². The van der Waals surface area contributed by atoms with Crippen LogP contribution in [0.4, 0.5) is 5.69 Å². The van der Waals surface area contributed by atoms with Gasteiger partial charge in [0.1, 0.15) is 6.10 Å². The van der Waals surface area contributed by atoms with Crippen molar-refractivity contribution in [2.24, 2.45) is 5.92 Å². The molecule has 0 fully saturated rings. The van der Waals surface area contributed by atoms with Gasteiger partial charge in [0.25, 0.3) is 0 Å². The molecular weight excluding hydrogens is 725 g/mol. The Labute approximate surface area is 357 Å². The van der Waals surface area contributed by atoms with Gasteiger partial charge in [0.05, 0.1) is 12.3 Å². The number of aliphatic hydroxyl groups is 1. The normalized spacial score (nSPS) is 12.4. The van der Waals surface area contributed by atoms with E-state index in [4.69, 9.17) is 9.47 Å². The van der Waals surface area contributed by atoms with Gasteiger partial charge in [0.15, 0.2) is 6.29 Å². The molecular formula is C50H94N2O6. The van der Waals surface area contributed by atoms with Crippen LogP contribution in [0.2, 0.25) is 0 Å². The highest BCUT2D eigenvalue weighted by Gasteiger charge is 2.20. The second-order valence-electron chi connectivity index (χ2n) is 17.6. The van der Waals surface area contributed by atoms with Crippen LogP contribution in [-0.2, 0) is 20.7 Å². The number of esters is 1. The number of unbranched alkanes of at least 4 members (excludes halogenated alkanes) is 17. The quantitative estimate of drug-likeness (QED) is 0.0290. The fourth-order valence-electron chi connectivity index (χ4n) is 8.15. The molecule has 0 aliphatic heterocycles. The van der Waals surface area contributed by atoms with Crippen LogP contribution in [0.1, 0.15) is 239 Å². The van der Waals surface area contributed by atoms with Crippen molar-refractivity contribution >= 4 is 11.7 Å². The maximum absolute atomic E-state index is 12.6. The first-order chi connectivity index (χ1) is 28.3. The van der Waals surface area contributed by atoms with Gasteiger partial charge in [0.2, 0.25) is 10.9 Å². The highest BCUT2D eigenvalue weighted by atomic mass is 16.6. The number of ether oxygens (including phenoxy) is 2. The van der Waals surface area contributed by atoms with Crippen molar-refractivity contribution in [3.63, 3.8) is 0 Å². The van der Waals surface area contributed by atoms with Gasteiger partial charge in [-0.25, -0.2) is 0 Å². The maximum atomic E-state index is 12.6. The van der Waals surface area contributed by atoms with Gasteiger partial charge in [-0.05, 0) is 115 Å². The van der Waals surface area contributed by atoms with Crippen LogP contribution in [0.3, 0.4) is 0 Å². The minimum atomic E-state index is -0.641. The van der Waals surface area contributed by atoms with Crippen LogP contribution < -0.4 is 16.2 Å². The SMILES string of the molecule is CCCCCC(CCCCC)COC(O)CCCCCCCN(CCCCCCCC(=O)OC(CCCCC)CCCCC)CCCNc1c(CCCC)c(=O)c1=O. The molecule has 58 heavy (non-hydrogen) atoms. The van der Waals surface area contributed by atoms with Gasteiger partial charge < -0.3 is 24.8 Å². The molecule has 0 aliphatic carbocycles. The Balaban J connectivity index is 2.44. The molecule has 0 aliphatic rings. The van der Waals surface area contributed by atoms with Gasteiger partial charge in [-0.15, -0.1) is 0 Å². The van der Waals surface area contributed by atoms with Gasteiger partial charge >= 0.3 is 5.97 Å². The number of rotatable bonds is 44. The minimum absolute atomic E-state index is 0.0111. The van der Waals surface area contributed by atoms with Crippen molar-refractivity contribution in [3.05, 3.63) is 26.0 Å². The highest BCUT2D eigenvalue weighted by molar-refractivity contribution is 5.69. The van der Waals surface area contributed by atoms with E-state index in [9.17, 15) is 19.5 Å². The molecule has 0 amide bonds. The van der Waals surface area contributed by atoms with Crippen LogP contribution in [0.25, 0.3) is 0 Å². The summed E-state index contributed by atoms with van der Waals surface area (Å²) in [4.78, 5) is 39.5. The predicted octanol–water partition coefficient (Wildman–Crippen LogP) is 12.6. The van der Waals surface area contributed by atoms with Crippen molar-refractivity contribution < 1.29 is 19.4 Å². The Morgan fingerprint density at radius 3 is 1.62 bits per heavy atom. The Morgan fingerprint density at radius 1 is 0.569 bits per heavy atom. The summed E-state index contributed by atoms with van der Waals surface area (Å²) >= 11 is 0. The lowest BCUT2D eigenvalue weighted by molar-refractivity contribution is -0.150. The highest BCUT2D eigenvalue weighted by Crippen LogP contribution is 2.20. The minimum Gasteiger partial charge on any atom is -0.462 e. The molecule has 340 valence electrons. The van der Waals surface area contributed by atoms with Crippen molar-refractivity contribution in [3.8, 4) is 0 Å². The Hall–Kier alpha value is -1.77. The lowest BCUT2D eigenvalue weighted by Gasteiger charge is -2.23. The molecule has 1 aromatic carbocycles. The summed E-state index contributed by atoms with van der Waals surface area (Å²) < 4.78 is 11.9. The van der Waals surface area contributed by atoms with Gasteiger partial charge in [-0.2, -0.15) is 0 Å². The molecule has 8 nitrogen and oxygen atoms in total. The number of nitrogens with one attached hydrogen (secondary N) is 1. The average molecular weight is 819 g/mol. The zero-order valence-electron chi connectivity index (χ0n) is 38.8. The van der Waals surface area contributed by atoms with Crippen molar-refractivity contribution in [1.82, 2.24) is 4.90 Å². The zero-order chi connectivity index (χ0) is 42.5. The fourth-order valence-corrected chi connectivity index (χ4v) is 8.15. The molecule has 1 rings (SSSR count). The molecule has 0 saturated heterocycles. The third kappa shape index (κ3) is 27.9. The van der Waals surface area contributed by atoms with E-state index in [1.54, 1.807) is 0 Å². The number of carbonyl (C=O) groups excluding carboxylic acids is 1. The summed E-state index contributed by atoms with van der Waals surface area (Å²) in [5.74, 6) is 0.563. The molecule has 2 N–H and O–H groups in total. The predicted molar refractivity (Wildman–Crippen MR) is 247 cm³/mol. The third-order valence-electron chi connectivity index (χ3n) is 12.0. The smallest absolute Gasteiger partial charge is 0.306 e. The molecule has 0 radical (unpaired) electrons. The molecule has 1 atom stereocenters. The molecule has 0 spiro atoms. The molecule has 8 heteroatoms. The van der Waals surface area contributed by atoms with Crippen LogP contribution in [0.15, 0.2) is 9.59 Å². The number of hydrogen-bond acceptors (Lipinski definition) is 8. The monoisotopic (exact) mass is 819 g/mol. The van der Waals surface area contributed by atoms with Crippen LogP contribution in [0.5, 0.6) is 0 Å². The first kappa shape index (κ1) is 54.2. The first-order valence-electron chi connectivity index (χ1n) is 25.1. The van der Waals surface area contributed by atoms with Gasteiger partial charge in [0, 0.05) is 18.5 Å². The lowest BCUT2D eigenvalue weighted by Crippen LogP contribution is -2.39. The number of nitrogens with zero attached hydrogens (tertiary/aromatic N) is 1. The lowest BCUT2D eigenvalue weighted by atomic mass is 9.96. The van der Waals surface area contributed by atoms with Crippen LogP contribution in [0, 0.1) is 5.92 Å². The van der Waals surface area contributed by atoms with E-state index in [0.29, 0.717) is 43.2 Å². The average Bonchev–Trinajstić information content (AvgIpc) is 3.22. The second-order valence-corrected chi connectivity index (χ2v) is 17.6. The first-order valence-corrected chi connectivity index (χ1v) is 25.1. The standard InChI is InChI=1S/C50H94N2O6/c1-6-11-22-31-43(32-23-12-7-2)42-57-46(53)36-26-18-16-20-28-39-52(41-30-38-51-48-45(35-15-10-5)49(55)50(48)56)40-29-21-17-19-27-37-47(54)58-44(33-24-13-8-3)34-25-14-9-4/h43-44,46,51,53H,6-42H2,1-5H3. The summed E-state index contributed by atoms with van der Waals surface area (Å²) in [7, 11) is 0. The number of anilines is 1. The van der Waals surface area contributed by atoms with E-state index in [1.807, 2.05) is 0 Å². The zero-order valence-corrected chi connectivity index (χ0v) is 38.8. The molecule has 0 bridgehead atoms. The summed E-state index contributed by atoms with van der Waals surface area (Å²) in [6, 6.07) is 0. The van der Waals surface area contributed by atoms with Crippen molar-refractivity contribution in [2.45, 2.75) is 252 Å². The van der Waals surface area contributed by atoms with E-state index in [2.05, 4.69) is 44.8 Å². The summed E-state index contributed by atoms with van der Waals surface area (Å²) in [6.45, 7) is 15.5. The van der Waals surface area contributed by atoms with Crippen molar-refractivity contribution in [2.75, 3.05) is 38.1 Å². The Kier molecular flexibility index (Phi) is 35.7. The number of carbonyl (C=O) groups is 1. The van der Waals surface area contributed by atoms with Crippen LogP contribution in [-0.4, -0.2) is 61.2 Å². The van der Waals surface area contributed by atoms with E-state index in [-0.39, 0.29) is 22.9 Å². The maximum Gasteiger partial charge on any atom is 0.306 e. The molecule has 1 unspecified atom stereocenters. The van der Waals surface area contributed by atoms with Crippen molar-refractivity contribution in [1.29, 1.82) is 0 Å². The Bertz CT molecular complexity index is 1130. The Morgan fingerprint density at radius 2 is 1.05 bits per heavy atom.